The lowest BCUT2D eigenvalue weighted by molar-refractivity contribution is 0.598. The predicted molar refractivity (Wildman–Crippen MR) is 90.3 cm³/mol. The third-order valence-electron chi connectivity index (χ3n) is 3.73. The lowest BCUT2D eigenvalue weighted by Crippen LogP contribution is -2.23. The predicted octanol–water partition coefficient (Wildman–Crippen LogP) is 5.21. The zero-order chi connectivity index (χ0) is 15.6. The zero-order valence-electron chi connectivity index (χ0n) is 12.9. The van der Waals surface area contributed by atoms with Crippen LogP contribution in [0.5, 0.6) is 0 Å². The smallest absolute Gasteiger partial charge is 0.129 e. The van der Waals surface area contributed by atoms with Crippen LogP contribution in [0.4, 0.5) is 4.39 Å². The molecule has 0 bridgehead atoms. The van der Waals surface area contributed by atoms with Gasteiger partial charge in [0.1, 0.15) is 5.82 Å². The highest BCUT2D eigenvalue weighted by Gasteiger charge is 2.18. The van der Waals surface area contributed by atoms with Crippen molar-refractivity contribution in [3.8, 4) is 0 Å². The first-order valence-electron chi connectivity index (χ1n) is 7.20. The normalized spacial score (nSPS) is 12.5. The lowest BCUT2D eigenvalue weighted by atomic mass is 9.94. The van der Waals surface area contributed by atoms with Gasteiger partial charge in [-0.05, 0) is 55.1 Å². The number of halogens is 2. The number of hydrogen-bond acceptors (Lipinski definition) is 1. The molecule has 1 nitrogen and oxygen atoms in total. The maximum Gasteiger partial charge on any atom is 0.129 e. The Kier molecular flexibility index (Phi) is 5.17. The fraction of sp³-hybridized carbons (Fsp3) is 0.333. The summed E-state index contributed by atoms with van der Waals surface area (Å²) in [6.07, 6.45) is 0. The molecule has 0 saturated heterocycles. The van der Waals surface area contributed by atoms with E-state index in [1.807, 2.05) is 26.0 Å². The highest BCUT2D eigenvalue weighted by Crippen LogP contribution is 2.32. The molecule has 3 heteroatoms. The monoisotopic (exact) mass is 349 g/mol. The molecule has 0 saturated carbocycles. The quantitative estimate of drug-likeness (QED) is 0.798. The molecule has 1 N–H and O–H groups in total. The Labute approximate surface area is 134 Å². The molecule has 21 heavy (non-hydrogen) atoms. The van der Waals surface area contributed by atoms with E-state index in [1.165, 1.54) is 11.1 Å². The van der Waals surface area contributed by atoms with Gasteiger partial charge in [0, 0.05) is 4.47 Å². The Hall–Kier alpha value is -1.19. The van der Waals surface area contributed by atoms with Gasteiger partial charge in [-0.3, -0.25) is 0 Å². The standard InChI is InChI=1S/C18H21BrFN/c1-5-21-18(15-8-6-7-11(2)16(15)19)14-9-12(3)17(20)13(4)10-14/h6-10,18,21H,5H2,1-4H3. The lowest BCUT2D eigenvalue weighted by Gasteiger charge is -2.22. The topological polar surface area (TPSA) is 12.0 Å². The van der Waals surface area contributed by atoms with E-state index in [4.69, 9.17) is 0 Å². The summed E-state index contributed by atoms with van der Waals surface area (Å²) in [5, 5.41) is 3.50. The van der Waals surface area contributed by atoms with Crippen LogP contribution in [0.25, 0.3) is 0 Å². The van der Waals surface area contributed by atoms with E-state index in [-0.39, 0.29) is 11.9 Å². The van der Waals surface area contributed by atoms with Crippen LogP contribution >= 0.6 is 15.9 Å². The first kappa shape index (κ1) is 16.2. The molecule has 2 rings (SSSR count). The van der Waals surface area contributed by atoms with Crippen molar-refractivity contribution in [1.29, 1.82) is 0 Å². The van der Waals surface area contributed by atoms with Gasteiger partial charge in [0.15, 0.2) is 0 Å². The summed E-state index contributed by atoms with van der Waals surface area (Å²) < 4.78 is 15.0. The second-order valence-corrected chi connectivity index (χ2v) is 6.23. The molecule has 0 aliphatic carbocycles. The van der Waals surface area contributed by atoms with Crippen molar-refractivity contribution in [2.45, 2.75) is 33.7 Å². The van der Waals surface area contributed by atoms with Gasteiger partial charge in [-0.2, -0.15) is 0 Å². The van der Waals surface area contributed by atoms with E-state index < -0.39 is 0 Å². The van der Waals surface area contributed by atoms with Gasteiger partial charge in [0.2, 0.25) is 0 Å². The molecule has 1 unspecified atom stereocenters. The van der Waals surface area contributed by atoms with Gasteiger partial charge in [0.25, 0.3) is 0 Å². The summed E-state index contributed by atoms with van der Waals surface area (Å²) in [6.45, 7) is 8.65. The van der Waals surface area contributed by atoms with Crippen molar-refractivity contribution in [2.24, 2.45) is 0 Å². The van der Waals surface area contributed by atoms with Crippen LogP contribution in [0.2, 0.25) is 0 Å². The van der Waals surface area contributed by atoms with Crippen LogP contribution in [0, 0.1) is 26.6 Å². The molecule has 112 valence electrons. The molecule has 0 heterocycles. The van der Waals surface area contributed by atoms with Crippen molar-refractivity contribution < 1.29 is 4.39 Å². The summed E-state index contributed by atoms with van der Waals surface area (Å²) >= 11 is 3.69. The number of hydrogen-bond donors (Lipinski definition) is 1. The van der Waals surface area contributed by atoms with Crippen molar-refractivity contribution in [2.75, 3.05) is 6.54 Å². The van der Waals surface area contributed by atoms with Crippen LogP contribution in [-0.4, -0.2) is 6.54 Å². The fourth-order valence-corrected chi connectivity index (χ4v) is 3.14. The Morgan fingerprint density at radius 2 is 1.71 bits per heavy atom. The van der Waals surface area contributed by atoms with Crippen LogP contribution in [0.3, 0.4) is 0 Å². The molecule has 0 radical (unpaired) electrons. The number of benzene rings is 2. The Morgan fingerprint density at radius 1 is 1.10 bits per heavy atom. The molecule has 2 aromatic rings. The molecular formula is C18H21BrFN. The second-order valence-electron chi connectivity index (χ2n) is 5.44. The first-order chi connectivity index (χ1) is 9.95. The van der Waals surface area contributed by atoms with Crippen LogP contribution in [0.1, 0.15) is 40.8 Å². The van der Waals surface area contributed by atoms with E-state index in [0.29, 0.717) is 11.1 Å². The maximum atomic E-state index is 13.9. The number of aryl methyl sites for hydroxylation is 3. The molecule has 2 aromatic carbocycles. The molecule has 0 spiro atoms. The summed E-state index contributed by atoms with van der Waals surface area (Å²) in [6, 6.07) is 10.2. The number of nitrogens with one attached hydrogen (secondary N) is 1. The molecule has 0 fully saturated rings. The summed E-state index contributed by atoms with van der Waals surface area (Å²) in [5.74, 6) is -0.114. The Balaban J connectivity index is 2.56. The average molecular weight is 350 g/mol. The van der Waals surface area contributed by atoms with Crippen molar-refractivity contribution >= 4 is 15.9 Å². The third kappa shape index (κ3) is 3.35. The summed E-state index contributed by atoms with van der Waals surface area (Å²) in [5.41, 5.74) is 4.86. The van der Waals surface area contributed by atoms with E-state index in [9.17, 15) is 4.39 Å². The van der Waals surface area contributed by atoms with Crippen molar-refractivity contribution in [3.05, 3.63) is 68.4 Å². The highest BCUT2D eigenvalue weighted by atomic mass is 79.9. The first-order valence-corrected chi connectivity index (χ1v) is 8.00. The van der Waals surface area contributed by atoms with Gasteiger partial charge in [0.05, 0.1) is 6.04 Å². The van der Waals surface area contributed by atoms with Gasteiger partial charge in [-0.1, -0.05) is 53.2 Å². The minimum Gasteiger partial charge on any atom is -0.306 e. The highest BCUT2D eigenvalue weighted by molar-refractivity contribution is 9.10. The van der Waals surface area contributed by atoms with Crippen molar-refractivity contribution in [3.63, 3.8) is 0 Å². The summed E-state index contributed by atoms with van der Waals surface area (Å²) in [7, 11) is 0. The Morgan fingerprint density at radius 3 is 2.29 bits per heavy atom. The molecule has 0 aromatic heterocycles. The Bertz CT molecular complexity index is 629. The second kappa shape index (κ2) is 6.71. The molecular weight excluding hydrogens is 329 g/mol. The van der Waals surface area contributed by atoms with Crippen LogP contribution in [-0.2, 0) is 0 Å². The SMILES string of the molecule is CCNC(c1cc(C)c(F)c(C)c1)c1cccc(C)c1Br. The van der Waals surface area contributed by atoms with E-state index in [0.717, 1.165) is 16.6 Å². The van der Waals surface area contributed by atoms with Gasteiger partial charge < -0.3 is 5.32 Å². The largest absolute Gasteiger partial charge is 0.306 e. The van der Waals surface area contributed by atoms with Crippen LogP contribution in [0.15, 0.2) is 34.8 Å². The number of rotatable bonds is 4. The van der Waals surface area contributed by atoms with Gasteiger partial charge in [-0.15, -0.1) is 0 Å². The van der Waals surface area contributed by atoms with Gasteiger partial charge >= 0.3 is 0 Å². The maximum absolute atomic E-state index is 13.9. The zero-order valence-corrected chi connectivity index (χ0v) is 14.5. The summed E-state index contributed by atoms with van der Waals surface area (Å²) in [4.78, 5) is 0. The third-order valence-corrected chi connectivity index (χ3v) is 4.82. The van der Waals surface area contributed by atoms with Crippen LogP contribution < -0.4 is 5.32 Å². The molecule has 1 atom stereocenters. The van der Waals surface area contributed by atoms with E-state index in [1.54, 1.807) is 0 Å². The minimum absolute atomic E-state index is 0.0577. The van der Waals surface area contributed by atoms with Gasteiger partial charge in [-0.25, -0.2) is 4.39 Å². The minimum atomic E-state index is -0.114. The molecule has 0 aliphatic heterocycles. The molecule has 0 aliphatic rings. The average Bonchev–Trinajstić information content (AvgIpc) is 2.45. The van der Waals surface area contributed by atoms with Crippen molar-refractivity contribution in [1.82, 2.24) is 5.32 Å². The fourth-order valence-electron chi connectivity index (χ4n) is 2.65. The molecule has 0 amide bonds. The van der Waals surface area contributed by atoms with E-state index in [2.05, 4.69) is 53.3 Å². The van der Waals surface area contributed by atoms with E-state index >= 15 is 0 Å².